The molecule has 0 aromatic carbocycles. The Morgan fingerprint density at radius 1 is 1.22 bits per heavy atom. The second-order valence-corrected chi connectivity index (χ2v) is 6.06. The van der Waals surface area contributed by atoms with Crippen molar-refractivity contribution in [1.29, 1.82) is 0 Å². The molecular formula is C16H26N2. The van der Waals surface area contributed by atoms with Gasteiger partial charge in [-0.3, -0.25) is 4.98 Å². The molecular weight excluding hydrogens is 220 g/mol. The van der Waals surface area contributed by atoms with Gasteiger partial charge in [0, 0.05) is 12.4 Å². The van der Waals surface area contributed by atoms with Gasteiger partial charge in [-0.1, -0.05) is 20.3 Å². The number of aromatic nitrogens is 1. The van der Waals surface area contributed by atoms with Crippen molar-refractivity contribution in [2.75, 3.05) is 13.1 Å². The van der Waals surface area contributed by atoms with Gasteiger partial charge in [-0.05, 0) is 67.8 Å². The Morgan fingerprint density at radius 3 is 2.67 bits per heavy atom. The van der Waals surface area contributed by atoms with Gasteiger partial charge in [0.2, 0.25) is 0 Å². The van der Waals surface area contributed by atoms with E-state index in [2.05, 4.69) is 36.3 Å². The topological polar surface area (TPSA) is 24.9 Å². The molecule has 2 nitrogen and oxygen atoms in total. The second-order valence-electron chi connectivity index (χ2n) is 6.06. The Hall–Kier alpha value is -0.890. The van der Waals surface area contributed by atoms with Gasteiger partial charge in [-0.2, -0.15) is 0 Å². The highest BCUT2D eigenvalue weighted by Gasteiger charge is 2.26. The molecule has 1 saturated carbocycles. The molecule has 1 N–H and O–H groups in total. The molecule has 0 bridgehead atoms. The summed E-state index contributed by atoms with van der Waals surface area (Å²) < 4.78 is 0. The number of rotatable bonds is 6. The third-order valence-corrected chi connectivity index (χ3v) is 4.02. The lowest BCUT2D eigenvalue weighted by Crippen LogP contribution is -2.28. The fraction of sp³-hybridized carbons (Fsp3) is 0.688. The summed E-state index contributed by atoms with van der Waals surface area (Å²) in [5, 5.41) is 3.63. The number of hydrogen-bond donors (Lipinski definition) is 1. The highest BCUT2D eigenvalue weighted by atomic mass is 14.9. The van der Waals surface area contributed by atoms with Crippen LogP contribution in [0, 0.1) is 17.8 Å². The SMILES string of the molecule is CC(C)CNCC1CCCC1Cc1ccncc1. The van der Waals surface area contributed by atoms with E-state index in [0.29, 0.717) is 0 Å². The first-order valence-electron chi connectivity index (χ1n) is 7.35. The van der Waals surface area contributed by atoms with E-state index in [1.807, 2.05) is 12.4 Å². The molecule has 0 radical (unpaired) electrons. The lowest BCUT2D eigenvalue weighted by atomic mass is 9.90. The maximum Gasteiger partial charge on any atom is 0.0270 e. The van der Waals surface area contributed by atoms with Crippen LogP contribution in [0.15, 0.2) is 24.5 Å². The highest BCUT2D eigenvalue weighted by Crippen LogP contribution is 2.33. The molecule has 1 heterocycles. The van der Waals surface area contributed by atoms with E-state index in [0.717, 1.165) is 24.3 Å². The summed E-state index contributed by atoms with van der Waals surface area (Å²) in [5.74, 6) is 2.49. The standard InChI is InChI=1S/C16H26N2/c1-13(2)11-18-12-16-5-3-4-15(16)10-14-6-8-17-9-7-14/h6-9,13,15-16,18H,3-5,10-12H2,1-2H3. The van der Waals surface area contributed by atoms with E-state index in [-0.39, 0.29) is 0 Å². The molecule has 0 spiro atoms. The van der Waals surface area contributed by atoms with E-state index < -0.39 is 0 Å². The minimum atomic E-state index is 0.755. The van der Waals surface area contributed by atoms with Crippen LogP contribution in [0.4, 0.5) is 0 Å². The molecule has 18 heavy (non-hydrogen) atoms. The van der Waals surface area contributed by atoms with Crippen LogP contribution in [-0.2, 0) is 6.42 Å². The van der Waals surface area contributed by atoms with E-state index in [1.165, 1.54) is 37.8 Å². The minimum Gasteiger partial charge on any atom is -0.316 e. The summed E-state index contributed by atoms with van der Waals surface area (Å²) in [4.78, 5) is 4.10. The van der Waals surface area contributed by atoms with Crippen molar-refractivity contribution >= 4 is 0 Å². The molecule has 0 saturated heterocycles. The van der Waals surface area contributed by atoms with Crippen LogP contribution in [0.5, 0.6) is 0 Å². The van der Waals surface area contributed by atoms with E-state index >= 15 is 0 Å². The first kappa shape index (κ1) is 13.5. The number of hydrogen-bond acceptors (Lipinski definition) is 2. The molecule has 1 aliphatic carbocycles. The number of pyridine rings is 1. The Labute approximate surface area is 111 Å². The first-order valence-corrected chi connectivity index (χ1v) is 7.35. The summed E-state index contributed by atoms with van der Waals surface area (Å²) in [5.41, 5.74) is 1.45. The molecule has 0 amide bonds. The van der Waals surface area contributed by atoms with E-state index in [1.54, 1.807) is 0 Å². The normalized spacial score (nSPS) is 23.7. The van der Waals surface area contributed by atoms with Crippen LogP contribution >= 0.6 is 0 Å². The van der Waals surface area contributed by atoms with Crippen molar-refractivity contribution in [3.63, 3.8) is 0 Å². The largest absolute Gasteiger partial charge is 0.316 e. The molecule has 2 unspecified atom stereocenters. The Kier molecular flexibility index (Phi) is 5.18. The fourth-order valence-corrected chi connectivity index (χ4v) is 3.03. The smallest absolute Gasteiger partial charge is 0.0270 e. The molecule has 0 aliphatic heterocycles. The molecule has 2 atom stereocenters. The molecule has 1 fully saturated rings. The quantitative estimate of drug-likeness (QED) is 0.833. The summed E-state index contributed by atoms with van der Waals surface area (Å²) in [6.45, 7) is 6.90. The van der Waals surface area contributed by atoms with Gasteiger partial charge in [0.05, 0.1) is 0 Å². The third kappa shape index (κ3) is 4.09. The highest BCUT2D eigenvalue weighted by molar-refractivity contribution is 5.11. The van der Waals surface area contributed by atoms with Gasteiger partial charge in [0.25, 0.3) is 0 Å². The van der Waals surface area contributed by atoms with Crippen molar-refractivity contribution in [3.05, 3.63) is 30.1 Å². The van der Waals surface area contributed by atoms with E-state index in [9.17, 15) is 0 Å². The van der Waals surface area contributed by atoms with Crippen LogP contribution < -0.4 is 5.32 Å². The molecule has 1 aromatic heterocycles. The first-order chi connectivity index (χ1) is 8.75. The predicted octanol–water partition coefficient (Wildman–Crippen LogP) is 3.29. The molecule has 100 valence electrons. The minimum absolute atomic E-state index is 0.755. The zero-order valence-corrected chi connectivity index (χ0v) is 11.7. The van der Waals surface area contributed by atoms with E-state index in [4.69, 9.17) is 0 Å². The molecule has 1 aliphatic rings. The Bertz CT molecular complexity index is 334. The second kappa shape index (κ2) is 6.89. The third-order valence-electron chi connectivity index (χ3n) is 4.02. The van der Waals surface area contributed by atoms with Gasteiger partial charge in [0.1, 0.15) is 0 Å². The van der Waals surface area contributed by atoms with Gasteiger partial charge in [-0.25, -0.2) is 0 Å². The van der Waals surface area contributed by atoms with Gasteiger partial charge < -0.3 is 5.32 Å². The van der Waals surface area contributed by atoms with Crippen molar-refractivity contribution in [2.24, 2.45) is 17.8 Å². The van der Waals surface area contributed by atoms with Crippen molar-refractivity contribution in [2.45, 2.75) is 39.5 Å². The average Bonchev–Trinajstić information content (AvgIpc) is 2.78. The van der Waals surface area contributed by atoms with Crippen molar-refractivity contribution in [3.8, 4) is 0 Å². The summed E-state index contributed by atoms with van der Waals surface area (Å²) in [6, 6.07) is 4.33. The molecule has 2 rings (SSSR count). The number of nitrogens with zero attached hydrogens (tertiary/aromatic N) is 1. The van der Waals surface area contributed by atoms with Gasteiger partial charge >= 0.3 is 0 Å². The predicted molar refractivity (Wildman–Crippen MR) is 76.5 cm³/mol. The monoisotopic (exact) mass is 246 g/mol. The zero-order valence-electron chi connectivity index (χ0n) is 11.7. The van der Waals surface area contributed by atoms with Crippen molar-refractivity contribution < 1.29 is 0 Å². The van der Waals surface area contributed by atoms with Gasteiger partial charge in [0.15, 0.2) is 0 Å². The lowest BCUT2D eigenvalue weighted by Gasteiger charge is -2.20. The fourth-order valence-electron chi connectivity index (χ4n) is 3.03. The average molecular weight is 246 g/mol. The maximum atomic E-state index is 4.10. The maximum absolute atomic E-state index is 4.10. The summed E-state index contributed by atoms with van der Waals surface area (Å²) in [6.07, 6.45) is 9.27. The van der Waals surface area contributed by atoms with Crippen LogP contribution in [0.1, 0.15) is 38.7 Å². The van der Waals surface area contributed by atoms with Crippen LogP contribution in [0.2, 0.25) is 0 Å². The van der Waals surface area contributed by atoms with Crippen LogP contribution in [0.3, 0.4) is 0 Å². The van der Waals surface area contributed by atoms with Crippen molar-refractivity contribution in [1.82, 2.24) is 10.3 Å². The van der Waals surface area contributed by atoms with Crippen LogP contribution in [0.25, 0.3) is 0 Å². The summed E-state index contributed by atoms with van der Waals surface area (Å²) in [7, 11) is 0. The molecule has 1 aromatic rings. The lowest BCUT2D eigenvalue weighted by molar-refractivity contribution is 0.357. The Morgan fingerprint density at radius 2 is 1.94 bits per heavy atom. The summed E-state index contributed by atoms with van der Waals surface area (Å²) >= 11 is 0. The van der Waals surface area contributed by atoms with Crippen LogP contribution in [-0.4, -0.2) is 18.1 Å². The Balaban J connectivity index is 1.80. The van der Waals surface area contributed by atoms with Gasteiger partial charge in [-0.15, -0.1) is 0 Å². The number of nitrogens with one attached hydrogen (secondary N) is 1. The molecule has 2 heteroatoms. The zero-order chi connectivity index (χ0) is 12.8.